The Hall–Kier alpha value is -1.75. The van der Waals surface area contributed by atoms with Crippen LogP contribution in [0.3, 0.4) is 0 Å². The monoisotopic (exact) mass is 278 g/mol. The molecule has 0 spiro atoms. The third-order valence-electron chi connectivity index (χ3n) is 3.37. The van der Waals surface area contributed by atoms with Gasteiger partial charge in [-0.05, 0) is 39.1 Å². The van der Waals surface area contributed by atoms with Crippen LogP contribution in [-0.2, 0) is 0 Å². The molecule has 1 rings (SSSR count). The van der Waals surface area contributed by atoms with Crippen LogP contribution in [0.5, 0.6) is 0 Å². The van der Waals surface area contributed by atoms with Crippen molar-refractivity contribution < 1.29 is 4.79 Å². The molecule has 0 unspecified atom stereocenters. The first kappa shape index (κ1) is 16.3. The maximum atomic E-state index is 11.8. The molecule has 0 aromatic heterocycles. The van der Waals surface area contributed by atoms with Crippen molar-refractivity contribution in [3.05, 3.63) is 23.8 Å². The van der Waals surface area contributed by atoms with Gasteiger partial charge in [-0.1, -0.05) is 0 Å². The molecular formula is C15H26N4O. The first-order valence-electron chi connectivity index (χ1n) is 6.88. The summed E-state index contributed by atoms with van der Waals surface area (Å²) in [5.74, 6) is -0.0391. The Morgan fingerprint density at radius 2 is 1.95 bits per heavy atom. The van der Waals surface area contributed by atoms with Crippen LogP contribution in [0.1, 0.15) is 24.2 Å². The van der Waals surface area contributed by atoms with E-state index in [2.05, 4.69) is 31.1 Å². The molecule has 1 aromatic carbocycles. The van der Waals surface area contributed by atoms with Gasteiger partial charge >= 0.3 is 0 Å². The predicted molar refractivity (Wildman–Crippen MR) is 85.1 cm³/mol. The van der Waals surface area contributed by atoms with E-state index in [9.17, 15) is 4.79 Å². The van der Waals surface area contributed by atoms with Crippen molar-refractivity contribution in [1.29, 1.82) is 0 Å². The Kier molecular flexibility index (Phi) is 5.82. The molecule has 0 aliphatic rings. The third-order valence-corrected chi connectivity index (χ3v) is 3.37. The molecule has 0 aliphatic heterocycles. The zero-order valence-electron chi connectivity index (χ0n) is 13.1. The van der Waals surface area contributed by atoms with Crippen LogP contribution in [0.2, 0.25) is 0 Å². The minimum absolute atomic E-state index is 0.0391. The topological polar surface area (TPSA) is 61.6 Å². The van der Waals surface area contributed by atoms with Crippen LogP contribution >= 0.6 is 0 Å². The number of carbonyl (C=O) groups is 1. The summed E-state index contributed by atoms with van der Waals surface area (Å²) in [6, 6.07) is 5.90. The normalized spacial score (nSPS) is 10.9. The lowest BCUT2D eigenvalue weighted by Gasteiger charge is -2.21. The van der Waals surface area contributed by atoms with Crippen LogP contribution in [0.25, 0.3) is 0 Å². The van der Waals surface area contributed by atoms with E-state index in [-0.39, 0.29) is 5.91 Å². The van der Waals surface area contributed by atoms with Gasteiger partial charge < -0.3 is 20.9 Å². The number of rotatable bonds is 6. The average molecular weight is 278 g/mol. The van der Waals surface area contributed by atoms with Gasteiger partial charge in [-0.3, -0.25) is 4.79 Å². The number of amides is 1. The van der Waals surface area contributed by atoms with E-state index in [1.807, 2.05) is 6.07 Å². The molecule has 0 aliphatic carbocycles. The van der Waals surface area contributed by atoms with Gasteiger partial charge in [0.05, 0.1) is 11.4 Å². The van der Waals surface area contributed by atoms with Crippen LogP contribution < -0.4 is 11.1 Å². The summed E-state index contributed by atoms with van der Waals surface area (Å²) in [6.45, 7) is 6.08. The molecule has 0 atom stereocenters. The number of carbonyl (C=O) groups excluding carboxylic acids is 1. The van der Waals surface area contributed by atoms with Gasteiger partial charge in [-0.25, -0.2) is 0 Å². The number of hydrogen-bond acceptors (Lipinski definition) is 4. The zero-order valence-corrected chi connectivity index (χ0v) is 13.1. The van der Waals surface area contributed by atoms with E-state index in [1.54, 1.807) is 31.1 Å². The van der Waals surface area contributed by atoms with E-state index < -0.39 is 0 Å². The number of nitrogen functional groups attached to an aromatic ring is 1. The van der Waals surface area contributed by atoms with Gasteiger partial charge in [-0.15, -0.1) is 0 Å². The average Bonchev–Trinajstić information content (AvgIpc) is 2.39. The Bertz CT molecular complexity index is 457. The van der Waals surface area contributed by atoms with E-state index in [0.717, 1.165) is 18.8 Å². The van der Waals surface area contributed by atoms with Crippen LogP contribution in [0, 0.1) is 0 Å². The maximum Gasteiger partial charge on any atom is 0.253 e. The Morgan fingerprint density at radius 1 is 1.30 bits per heavy atom. The summed E-state index contributed by atoms with van der Waals surface area (Å²) in [4.78, 5) is 15.6. The number of benzene rings is 1. The molecule has 0 radical (unpaired) electrons. The predicted octanol–water partition coefficient (Wildman–Crippen LogP) is 1.72. The molecule has 0 bridgehead atoms. The van der Waals surface area contributed by atoms with E-state index >= 15 is 0 Å². The third kappa shape index (κ3) is 4.42. The lowest BCUT2D eigenvalue weighted by Crippen LogP contribution is -2.31. The van der Waals surface area contributed by atoms with Crippen molar-refractivity contribution in [2.45, 2.75) is 19.9 Å². The highest BCUT2D eigenvalue weighted by molar-refractivity contribution is 5.95. The summed E-state index contributed by atoms with van der Waals surface area (Å²) in [6.07, 6.45) is 0. The summed E-state index contributed by atoms with van der Waals surface area (Å²) in [7, 11) is 5.55. The molecule has 1 amide bonds. The molecule has 5 heteroatoms. The van der Waals surface area contributed by atoms with E-state index in [0.29, 0.717) is 17.3 Å². The minimum atomic E-state index is -0.0391. The van der Waals surface area contributed by atoms with Crippen molar-refractivity contribution in [3.63, 3.8) is 0 Å². The van der Waals surface area contributed by atoms with Gasteiger partial charge in [0.15, 0.2) is 0 Å². The van der Waals surface area contributed by atoms with Gasteiger partial charge in [-0.2, -0.15) is 0 Å². The molecule has 0 heterocycles. The van der Waals surface area contributed by atoms with Crippen LogP contribution in [0.4, 0.5) is 11.4 Å². The lowest BCUT2D eigenvalue weighted by atomic mass is 10.1. The second-order valence-corrected chi connectivity index (χ2v) is 5.50. The number of nitrogens with two attached hydrogens (primary N) is 1. The quantitative estimate of drug-likeness (QED) is 0.778. The maximum absolute atomic E-state index is 11.8. The smallest absolute Gasteiger partial charge is 0.253 e. The van der Waals surface area contributed by atoms with Crippen molar-refractivity contribution in [2.75, 3.05) is 45.3 Å². The second kappa shape index (κ2) is 7.14. The van der Waals surface area contributed by atoms with Gasteiger partial charge in [0, 0.05) is 38.8 Å². The molecule has 112 valence electrons. The lowest BCUT2D eigenvalue weighted by molar-refractivity contribution is 0.0827. The van der Waals surface area contributed by atoms with E-state index in [1.165, 1.54) is 0 Å². The fourth-order valence-corrected chi connectivity index (χ4v) is 1.74. The molecule has 0 saturated heterocycles. The SMILES string of the molecule is CC(C)N(C)CCNc1ccc(C(=O)N(C)C)cc1N. The summed E-state index contributed by atoms with van der Waals surface area (Å²) >= 11 is 0. The highest BCUT2D eigenvalue weighted by atomic mass is 16.2. The van der Waals surface area contributed by atoms with Crippen LogP contribution in [0.15, 0.2) is 18.2 Å². The zero-order chi connectivity index (χ0) is 15.3. The Balaban J connectivity index is 2.63. The fourth-order valence-electron chi connectivity index (χ4n) is 1.74. The molecule has 5 nitrogen and oxygen atoms in total. The van der Waals surface area contributed by atoms with Crippen LogP contribution in [-0.4, -0.2) is 56.0 Å². The van der Waals surface area contributed by atoms with Gasteiger partial charge in [0.1, 0.15) is 0 Å². The number of anilines is 2. The van der Waals surface area contributed by atoms with Gasteiger partial charge in [0.25, 0.3) is 5.91 Å². The Labute approximate surface area is 121 Å². The highest BCUT2D eigenvalue weighted by Gasteiger charge is 2.10. The number of nitrogens with zero attached hydrogens (tertiary/aromatic N) is 2. The standard InChI is InChI=1S/C15H26N4O/c1-11(2)19(5)9-8-17-14-7-6-12(10-13(14)16)15(20)18(3)4/h6-7,10-11,17H,8-9,16H2,1-5H3. The highest BCUT2D eigenvalue weighted by Crippen LogP contribution is 2.20. The first-order chi connectivity index (χ1) is 9.32. The van der Waals surface area contributed by atoms with Crippen molar-refractivity contribution in [2.24, 2.45) is 0 Å². The molecule has 0 fully saturated rings. The number of hydrogen-bond donors (Lipinski definition) is 2. The molecule has 0 saturated carbocycles. The molecular weight excluding hydrogens is 252 g/mol. The van der Waals surface area contributed by atoms with Crippen molar-refractivity contribution in [3.8, 4) is 0 Å². The number of likely N-dealkylation sites (N-methyl/N-ethyl adjacent to an activating group) is 1. The largest absolute Gasteiger partial charge is 0.397 e. The summed E-state index contributed by atoms with van der Waals surface area (Å²) < 4.78 is 0. The summed E-state index contributed by atoms with van der Waals surface area (Å²) in [5.41, 5.74) is 8.07. The minimum Gasteiger partial charge on any atom is -0.397 e. The fraction of sp³-hybridized carbons (Fsp3) is 0.533. The molecule has 1 aromatic rings. The second-order valence-electron chi connectivity index (χ2n) is 5.50. The molecule has 3 N–H and O–H groups in total. The van der Waals surface area contributed by atoms with Crippen molar-refractivity contribution >= 4 is 17.3 Å². The first-order valence-corrected chi connectivity index (χ1v) is 6.88. The molecule has 20 heavy (non-hydrogen) atoms. The summed E-state index contributed by atoms with van der Waals surface area (Å²) in [5, 5.41) is 3.30. The van der Waals surface area contributed by atoms with E-state index in [4.69, 9.17) is 5.73 Å². The van der Waals surface area contributed by atoms with Crippen molar-refractivity contribution in [1.82, 2.24) is 9.80 Å². The number of nitrogens with one attached hydrogen (secondary N) is 1. The van der Waals surface area contributed by atoms with Gasteiger partial charge in [0.2, 0.25) is 0 Å². The Morgan fingerprint density at radius 3 is 2.45 bits per heavy atom.